The van der Waals surface area contributed by atoms with Crippen molar-refractivity contribution in [1.29, 1.82) is 0 Å². The first kappa shape index (κ1) is 18.9. The van der Waals surface area contributed by atoms with Crippen molar-refractivity contribution in [2.45, 2.75) is 51.5 Å². The minimum Gasteiger partial charge on any atom is -0.300 e. The lowest BCUT2D eigenvalue weighted by Gasteiger charge is -2.14. The number of rotatable bonds is 6. The van der Waals surface area contributed by atoms with Crippen molar-refractivity contribution >= 4 is 11.9 Å². The molecular weight excluding hydrogens is 372 g/mol. The minimum absolute atomic E-state index is 0.321. The van der Waals surface area contributed by atoms with Crippen LogP contribution in [0.25, 0.3) is 28.6 Å². The van der Waals surface area contributed by atoms with Gasteiger partial charge in [0, 0.05) is 24.0 Å². The molecule has 0 amide bonds. The number of hydrogen-bond donors (Lipinski definition) is 0. The van der Waals surface area contributed by atoms with Gasteiger partial charge in [-0.1, -0.05) is 48.5 Å². The predicted octanol–water partition coefficient (Wildman–Crippen LogP) is 5.29. The summed E-state index contributed by atoms with van der Waals surface area (Å²) in [6.45, 7) is 1.95. The smallest absolute Gasteiger partial charge is 0.132 e. The number of allylic oxidation sites excluding steroid dienone is 1. The van der Waals surface area contributed by atoms with Gasteiger partial charge in [-0.25, -0.2) is 9.67 Å². The Bertz CT molecular complexity index is 1100. The molecule has 0 radical (unpaired) electrons. The third-order valence-corrected chi connectivity index (χ3v) is 6.45. The molecule has 2 heterocycles. The highest BCUT2D eigenvalue weighted by molar-refractivity contribution is 5.78. The molecule has 5 rings (SSSR count). The zero-order chi connectivity index (χ0) is 20.5. The van der Waals surface area contributed by atoms with Gasteiger partial charge in [0.15, 0.2) is 0 Å². The molecule has 2 aliphatic rings. The van der Waals surface area contributed by atoms with E-state index in [1.807, 2.05) is 13.1 Å². The Labute approximate surface area is 176 Å². The van der Waals surface area contributed by atoms with Crippen molar-refractivity contribution in [2.75, 3.05) is 0 Å². The molecule has 0 bridgehead atoms. The van der Waals surface area contributed by atoms with E-state index in [2.05, 4.69) is 63.5 Å². The summed E-state index contributed by atoms with van der Waals surface area (Å²) in [6.07, 6.45) is 11.6. The van der Waals surface area contributed by atoms with Gasteiger partial charge in [0.25, 0.3) is 0 Å². The maximum Gasteiger partial charge on any atom is 0.132 e. The quantitative estimate of drug-likeness (QED) is 0.566. The molecular formula is C25H26N4O. The Balaban J connectivity index is 1.34. The Morgan fingerprint density at radius 3 is 2.77 bits per heavy atom. The highest BCUT2D eigenvalue weighted by Gasteiger charge is 2.29. The summed E-state index contributed by atoms with van der Waals surface area (Å²) in [6, 6.07) is 13.1. The summed E-state index contributed by atoms with van der Waals surface area (Å²) in [4.78, 5) is 16.6. The van der Waals surface area contributed by atoms with Crippen molar-refractivity contribution in [1.82, 2.24) is 20.0 Å². The van der Waals surface area contributed by atoms with E-state index in [1.54, 1.807) is 0 Å². The Morgan fingerprint density at radius 2 is 1.93 bits per heavy atom. The van der Waals surface area contributed by atoms with Crippen LogP contribution in [0.1, 0.15) is 56.3 Å². The number of fused-ring (bicyclic) bond motifs is 1. The van der Waals surface area contributed by atoms with Gasteiger partial charge in [0.05, 0.1) is 29.3 Å². The Kier molecular flexibility index (Phi) is 5.03. The van der Waals surface area contributed by atoms with E-state index in [0.717, 1.165) is 53.9 Å². The molecule has 1 saturated carbocycles. The molecule has 5 heteroatoms. The number of benzene rings is 1. The van der Waals surface area contributed by atoms with Gasteiger partial charge in [-0.3, -0.25) is 4.79 Å². The lowest BCUT2D eigenvalue weighted by molar-refractivity contribution is -0.119. The number of ketones is 1. The minimum atomic E-state index is 0.321. The summed E-state index contributed by atoms with van der Waals surface area (Å²) in [5, 5.41) is 8.58. The van der Waals surface area contributed by atoms with Crippen LogP contribution in [0.2, 0.25) is 0 Å². The van der Waals surface area contributed by atoms with E-state index < -0.39 is 0 Å². The topological polar surface area (TPSA) is 60.7 Å². The fourth-order valence-electron chi connectivity index (χ4n) is 4.73. The van der Waals surface area contributed by atoms with E-state index >= 15 is 0 Å². The highest BCUT2D eigenvalue weighted by Crippen LogP contribution is 2.38. The first-order chi connectivity index (χ1) is 14.7. The second kappa shape index (κ2) is 7.98. The normalized spacial score (nSPS) is 19.9. The molecule has 3 aromatic rings. The third-order valence-electron chi connectivity index (χ3n) is 6.45. The van der Waals surface area contributed by atoms with Crippen LogP contribution < -0.4 is 0 Å². The van der Waals surface area contributed by atoms with E-state index in [-0.39, 0.29) is 0 Å². The lowest BCUT2D eigenvalue weighted by atomic mass is 9.99. The number of hydrogen-bond acceptors (Lipinski definition) is 4. The molecule has 2 aromatic heterocycles. The number of aromatic nitrogens is 4. The average molecular weight is 399 g/mol. The molecule has 0 aliphatic heterocycles. The van der Waals surface area contributed by atoms with Gasteiger partial charge in [-0.15, -0.1) is 5.10 Å². The monoisotopic (exact) mass is 398 g/mol. The predicted molar refractivity (Wildman–Crippen MR) is 118 cm³/mol. The number of carbonyl (C=O) groups is 1. The standard InChI is InChI=1S/C25H26N4O/c1-2-22(30)15-17-6-12-21(14-17)29-25(16-26-28-29)20-9-7-19(8-10-20)24-13-11-18-4-3-5-23(18)27-24/h3,5,7-11,13,16-17,21H,2,4,6,12,14-15H2,1H3/t17-,21+/m0/s1. The molecule has 1 aromatic carbocycles. The van der Waals surface area contributed by atoms with Crippen LogP contribution >= 0.6 is 0 Å². The maximum atomic E-state index is 11.8. The van der Waals surface area contributed by atoms with Crippen molar-refractivity contribution in [3.8, 4) is 22.5 Å². The van der Waals surface area contributed by atoms with Crippen LogP contribution in [0.5, 0.6) is 0 Å². The molecule has 152 valence electrons. The van der Waals surface area contributed by atoms with E-state index in [0.29, 0.717) is 30.6 Å². The Morgan fingerprint density at radius 1 is 1.10 bits per heavy atom. The van der Waals surface area contributed by atoms with Crippen molar-refractivity contribution in [3.05, 3.63) is 59.9 Å². The lowest BCUT2D eigenvalue weighted by Crippen LogP contribution is -2.10. The first-order valence-corrected chi connectivity index (χ1v) is 10.9. The number of nitrogens with zero attached hydrogens (tertiary/aromatic N) is 4. The van der Waals surface area contributed by atoms with Crippen LogP contribution in [-0.4, -0.2) is 25.8 Å². The highest BCUT2D eigenvalue weighted by atomic mass is 16.1. The van der Waals surface area contributed by atoms with Crippen molar-refractivity contribution < 1.29 is 4.79 Å². The molecule has 1 fully saturated rings. The molecule has 0 saturated heterocycles. The fourth-order valence-corrected chi connectivity index (χ4v) is 4.73. The first-order valence-electron chi connectivity index (χ1n) is 10.9. The molecule has 5 nitrogen and oxygen atoms in total. The number of pyridine rings is 1. The molecule has 2 atom stereocenters. The average Bonchev–Trinajstić information content (AvgIpc) is 3.53. The van der Waals surface area contributed by atoms with Gasteiger partial charge < -0.3 is 0 Å². The number of carbonyl (C=O) groups excluding carboxylic acids is 1. The van der Waals surface area contributed by atoms with Gasteiger partial charge >= 0.3 is 0 Å². The van der Waals surface area contributed by atoms with Crippen LogP contribution in [-0.2, 0) is 11.2 Å². The van der Waals surface area contributed by atoms with Crippen molar-refractivity contribution in [2.24, 2.45) is 5.92 Å². The second-order valence-corrected chi connectivity index (χ2v) is 8.42. The molecule has 30 heavy (non-hydrogen) atoms. The molecule has 0 N–H and O–H groups in total. The van der Waals surface area contributed by atoms with Crippen LogP contribution in [0.4, 0.5) is 0 Å². The number of Topliss-reactive ketones (excluding diaryl/α,β-unsaturated/α-hetero) is 1. The summed E-state index contributed by atoms with van der Waals surface area (Å²) in [5.74, 6) is 0.840. The van der Waals surface area contributed by atoms with Gasteiger partial charge in [-0.05, 0) is 49.3 Å². The van der Waals surface area contributed by atoms with E-state index in [4.69, 9.17) is 4.98 Å². The zero-order valence-corrected chi connectivity index (χ0v) is 17.3. The SMILES string of the molecule is CCC(=O)C[C@H]1CC[C@@H](n2nncc2-c2ccc(-c3ccc4c(n3)C=CC4)cc2)C1. The zero-order valence-electron chi connectivity index (χ0n) is 17.3. The summed E-state index contributed by atoms with van der Waals surface area (Å²) in [5.41, 5.74) is 6.63. The van der Waals surface area contributed by atoms with Crippen molar-refractivity contribution in [3.63, 3.8) is 0 Å². The van der Waals surface area contributed by atoms with Crippen LogP contribution in [0, 0.1) is 5.92 Å². The largest absolute Gasteiger partial charge is 0.300 e. The summed E-state index contributed by atoms with van der Waals surface area (Å²) >= 11 is 0. The van der Waals surface area contributed by atoms with Crippen LogP contribution in [0.15, 0.2) is 48.7 Å². The summed E-state index contributed by atoms with van der Waals surface area (Å²) < 4.78 is 2.06. The van der Waals surface area contributed by atoms with Gasteiger partial charge in [-0.2, -0.15) is 0 Å². The summed E-state index contributed by atoms with van der Waals surface area (Å²) in [7, 11) is 0. The maximum absolute atomic E-state index is 11.8. The molecule has 0 unspecified atom stereocenters. The van der Waals surface area contributed by atoms with E-state index in [1.165, 1.54) is 5.56 Å². The Hall–Kier alpha value is -3.08. The second-order valence-electron chi connectivity index (χ2n) is 8.42. The fraction of sp³-hybridized carbons (Fsp3) is 0.360. The third kappa shape index (κ3) is 3.60. The molecule has 0 spiro atoms. The molecule has 2 aliphatic carbocycles. The van der Waals surface area contributed by atoms with Gasteiger partial charge in [0.2, 0.25) is 0 Å². The van der Waals surface area contributed by atoms with Gasteiger partial charge in [0.1, 0.15) is 5.78 Å². The van der Waals surface area contributed by atoms with Crippen LogP contribution in [0.3, 0.4) is 0 Å². The van der Waals surface area contributed by atoms with E-state index in [9.17, 15) is 4.79 Å².